The lowest BCUT2D eigenvalue weighted by Crippen LogP contribution is -2.50. The standard InChI is InChI=1S/C16H22N2O3.ClH/c17-11-16(6-9-20-10-7-16)15(19)18-13-5-8-21-14-4-2-1-3-12(13)14;/h1-4,13H,5-11,17H2,(H,18,19);1H. The van der Waals surface area contributed by atoms with Crippen LogP contribution in [0.1, 0.15) is 30.9 Å². The van der Waals surface area contributed by atoms with E-state index in [4.69, 9.17) is 15.2 Å². The fraction of sp³-hybridized carbons (Fsp3) is 0.562. The van der Waals surface area contributed by atoms with Crippen LogP contribution in [-0.2, 0) is 9.53 Å². The number of hydrogen-bond acceptors (Lipinski definition) is 4. The van der Waals surface area contributed by atoms with Gasteiger partial charge in [0.05, 0.1) is 18.1 Å². The molecule has 0 aromatic heterocycles. The summed E-state index contributed by atoms with van der Waals surface area (Å²) in [6, 6.07) is 7.89. The molecule has 5 nitrogen and oxygen atoms in total. The Morgan fingerprint density at radius 1 is 1.27 bits per heavy atom. The lowest BCUT2D eigenvalue weighted by molar-refractivity contribution is -0.136. The molecule has 1 fully saturated rings. The van der Waals surface area contributed by atoms with E-state index in [0.717, 1.165) is 17.7 Å². The summed E-state index contributed by atoms with van der Waals surface area (Å²) in [4.78, 5) is 12.7. The van der Waals surface area contributed by atoms with Crippen LogP contribution in [0.15, 0.2) is 24.3 Å². The first-order valence-electron chi connectivity index (χ1n) is 7.56. The summed E-state index contributed by atoms with van der Waals surface area (Å²) in [5.74, 6) is 0.915. The summed E-state index contributed by atoms with van der Waals surface area (Å²) in [6.07, 6.45) is 2.18. The molecule has 1 aromatic rings. The molecule has 3 rings (SSSR count). The first-order chi connectivity index (χ1) is 10.2. The van der Waals surface area contributed by atoms with Gasteiger partial charge in [0.15, 0.2) is 0 Å². The van der Waals surface area contributed by atoms with Gasteiger partial charge in [0.2, 0.25) is 5.91 Å². The Bertz CT molecular complexity index is 518. The third-order valence-corrected chi connectivity index (χ3v) is 4.59. The number of fused-ring (bicyclic) bond motifs is 1. The molecule has 22 heavy (non-hydrogen) atoms. The van der Waals surface area contributed by atoms with Crippen LogP contribution >= 0.6 is 12.4 Å². The lowest BCUT2D eigenvalue weighted by atomic mass is 9.79. The Morgan fingerprint density at radius 3 is 2.73 bits per heavy atom. The number of halogens is 1. The minimum Gasteiger partial charge on any atom is -0.493 e. The highest BCUT2D eigenvalue weighted by molar-refractivity contribution is 5.85. The molecule has 0 spiro atoms. The summed E-state index contributed by atoms with van der Waals surface area (Å²) in [5.41, 5.74) is 6.47. The molecule has 0 saturated carbocycles. The summed E-state index contributed by atoms with van der Waals surface area (Å²) in [7, 11) is 0. The number of benzene rings is 1. The maximum Gasteiger partial charge on any atom is 0.228 e. The lowest BCUT2D eigenvalue weighted by Gasteiger charge is -2.37. The average molecular weight is 327 g/mol. The van der Waals surface area contributed by atoms with Crippen molar-refractivity contribution in [1.82, 2.24) is 5.32 Å². The highest BCUT2D eigenvalue weighted by atomic mass is 35.5. The quantitative estimate of drug-likeness (QED) is 0.888. The maximum absolute atomic E-state index is 12.7. The fourth-order valence-electron chi connectivity index (χ4n) is 3.09. The van der Waals surface area contributed by atoms with Gasteiger partial charge in [-0.25, -0.2) is 0 Å². The van der Waals surface area contributed by atoms with Crippen LogP contribution in [0.2, 0.25) is 0 Å². The Kier molecular flexibility index (Phi) is 5.67. The largest absolute Gasteiger partial charge is 0.493 e. The predicted octanol–water partition coefficient (Wildman–Crippen LogP) is 1.80. The van der Waals surface area contributed by atoms with Crippen molar-refractivity contribution in [3.63, 3.8) is 0 Å². The SMILES string of the molecule is Cl.NCC1(C(=O)NC2CCOc3ccccc32)CCOCC1. The van der Waals surface area contributed by atoms with Gasteiger partial charge in [-0.15, -0.1) is 12.4 Å². The maximum atomic E-state index is 12.7. The number of hydrogen-bond donors (Lipinski definition) is 2. The Labute approximate surface area is 137 Å². The van der Waals surface area contributed by atoms with Crippen LogP contribution in [0.4, 0.5) is 0 Å². The number of para-hydroxylation sites is 1. The van der Waals surface area contributed by atoms with Gasteiger partial charge in [-0.3, -0.25) is 4.79 Å². The Morgan fingerprint density at radius 2 is 2.00 bits per heavy atom. The van der Waals surface area contributed by atoms with Crippen LogP contribution in [0.25, 0.3) is 0 Å². The van der Waals surface area contributed by atoms with Gasteiger partial charge in [-0.1, -0.05) is 18.2 Å². The highest BCUT2D eigenvalue weighted by Gasteiger charge is 2.40. The third kappa shape index (κ3) is 3.21. The number of amides is 1. The van der Waals surface area contributed by atoms with E-state index in [1.54, 1.807) is 0 Å². The summed E-state index contributed by atoms with van der Waals surface area (Å²) in [6.45, 7) is 2.21. The Balaban J connectivity index is 0.00000176. The predicted molar refractivity (Wildman–Crippen MR) is 86.2 cm³/mol. The summed E-state index contributed by atoms with van der Waals surface area (Å²) >= 11 is 0. The molecule has 0 radical (unpaired) electrons. The van der Waals surface area contributed by atoms with Crippen LogP contribution in [-0.4, -0.2) is 32.3 Å². The van der Waals surface area contributed by atoms with E-state index >= 15 is 0 Å². The molecule has 2 aliphatic rings. The number of nitrogens with two attached hydrogens (primary N) is 1. The molecule has 2 heterocycles. The van der Waals surface area contributed by atoms with Crippen molar-refractivity contribution >= 4 is 18.3 Å². The third-order valence-electron chi connectivity index (χ3n) is 4.59. The van der Waals surface area contributed by atoms with E-state index in [2.05, 4.69) is 5.32 Å². The fourth-order valence-corrected chi connectivity index (χ4v) is 3.09. The molecule has 3 N–H and O–H groups in total. The van der Waals surface area contributed by atoms with Gasteiger partial charge in [0.25, 0.3) is 0 Å². The second kappa shape index (κ2) is 7.31. The first kappa shape index (κ1) is 17.1. The molecule has 1 aromatic carbocycles. The van der Waals surface area contributed by atoms with Crippen LogP contribution < -0.4 is 15.8 Å². The second-order valence-electron chi connectivity index (χ2n) is 5.80. The molecule has 0 bridgehead atoms. The van der Waals surface area contributed by atoms with Crippen LogP contribution in [0, 0.1) is 5.41 Å². The van der Waals surface area contributed by atoms with Crippen LogP contribution in [0.3, 0.4) is 0 Å². The molecule has 2 aliphatic heterocycles. The van der Waals surface area contributed by atoms with Crippen molar-refractivity contribution in [2.75, 3.05) is 26.4 Å². The van der Waals surface area contributed by atoms with E-state index in [-0.39, 0.29) is 24.4 Å². The van der Waals surface area contributed by atoms with Crippen molar-refractivity contribution in [3.05, 3.63) is 29.8 Å². The van der Waals surface area contributed by atoms with Crippen molar-refractivity contribution < 1.29 is 14.3 Å². The number of ether oxygens (including phenoxy) is 2. The molecule has 1 amide bonds. The van der Waals surface area contributed by atoms with Crippen molar-refractivity contribution in [2.24, 2.45) is 11.1 Å². The molecule has 122 valence electrons. The topological polar surface area (TPSA) is 73.6 Å². The number of carbonyl (C=O) groups is 1. The molecular weight excluding hydrogens is 304 g/mol. The minimum atomic E-state index is -0.481. The van der Waals surface area contributed by atoms with Gasteiger partial charge in [-0.2, -0.15) is 0 Å². The van der Waals surface area contributed by atoms with Crippen molar-refractivity contribution in [3.8, 4) is 5.75 Å². The number of rotatable bonds is 3. The monoisotopic (exact) mass is 326 g/mol. The highest BCUT2D eigenvalue weighted by Crippen LogP contribution is 2.34. The van der Waals surface area contributed by atoms with Gasteiger partial charge in [0.1, 0.15) is 5.75 Å². The zero-order valence-corrected chi connectivity index (χ0v) is 13.4. The molecule has 0 aliphatic carbocycles. The van der Waals surface area contributed by atoms with Crippen LogP contribution in [0.5, 0.6) is 5.75 Å². The van der Waals surface area contributed by atoms with E-state index in [1.165, 1.54) is 0 Å². The summed E-state index contributed by atoms with van der Waals surface area (Å²) < 4.78 is 11.0. The smallest absolute Gasteiger partial charge is 0.228 e. The van der Waals surface area contributed by atoms with Gasteiger partial charge < -0.3 is 20.5 Å². The molecule has 1 saturated heterocycles. The first-order valence-corrected chi connectivity index (χ1v) is 7.56. The number of nitrogens with one attached hydrogen (secondary N) is 1. The number of carbonyl (C=O) groups excluding carboxylic acids is 1. The molecule has 6 heteroatoms. The summed E-state index contributed by atoms with van der Waals surface area (Å²) in [5, 5.41) is 3.18. The zero-order chi connectivity index (χ0) is 14.7. The molecule has 1 unspecified atom stereocenters. The van der Waals surface area contributed by atoms with Gasteiger partial charge in [-0.05, 0) is 18.9 Å². The van der Waals surface area contributed by atoms with Gasteiger partial charge in [0, 0.05) is 31.7 Å². The zero-order valence-electron chi connectivity index (χ0n) is 12.5. The van der Waals surface area contributed by atoms with Gasteiger partial charge >= 0.3 is 0 Å². The normalized spacial score (nSPS) is 22.7. The van der Waals surface area contributed by atoms with Crippen molar-refractivity contribution in [2.45, 2.75) is 25.3 Å². The van der Waals surface area contributed by atoms with E-state index < -0.39 is 5.41 Å². The Hall–Kier alpha value is -1.30. The molecule has 1 atom stereocenters. The van der Waals surface area contributed by atoms with E-state index in [1.807, 2.05) is 24.3 Å². The average Bonchev–Trinajstić information content (AvgIpc) is 2.56. The van der Waals surface area contributed by atoms with Crippen molar-refractivity contribution in [1.29, 1.82) is 0 Å². The molecular formula is C16H23ClN2O3. The minimum absolute atomic E-state index is 0. The van der Waals surface area contributed by atoms with E-state index in [0.29, 0.717) is 39.2 Å². The second-order valence-corrected chi connectivity index (χ2v) is 5.80. The van der Waals surface area contributed by atoms with E-state index in [9.17, 15) is 4.79 Å².